The second-order valence-corrected chi connectivity index (χ2v) is 5.95. The molecule has 3 rings (SSSR count). The van der Waals surface area contributed by atoms with Crippen LogP contribution in [0.4, 0.5) is 4.39 Å². The van der Waals surface area contributed by atoms with Gasteiger partial charge in [-0.05, 0) is 49.4 Å². The van der Waals surface area contributed by atoms with Gasteiger partial charge in [-0.15, -0.1) is 0 Å². The first-order valence-electron chi connectivity index (χ1n) is 8.41. The predicted molar refractivity (Wildman–Crippen MR) is 99.5 cm³/mol. The average Bonchev–Trinajstić information content (AvgIpc) is 3.17. The molecule has 1 atom stereocenters. The summed E-state index contributed by atoms with van der Waals surface area (Å²) < 4.78 is 30.0. The van der Waals surface area contributed by atoms with Crippen LogP contribution in [-0.4, -0.2) is 20.1 Å². The first kappa shape index (κ1) is 18.5. The molecular weight excluding hydrogens is 349 g/mol. The maximum absolute atomic E-state index is 13.9. The van der Waals surface area contributed by atoms with E-state index < -0.39 is 11.7 Å². The number of carbonyl (C=O) groups is 1. The Morgan fingerprint density at radius 3 is 2.56 bits per heavy atom. The van der Waals surface area contributed by atoms with E-state index in [0.29, 0.717) is 22.8 Å². The standard InChI is InChI=1S/C21H20FNO4/c1-13(16-12-14(25-2)8-9-18(16)26-3)23-21(24)20-11-10-19(27-20)15-6-4-5-7-17(15)22/h4-13H,1-3H3,(H,23,24)/t13-/m1/s1. The van der Waals surface area contributed by atoms with Crippen molar-refractivity contribution in [3.05, 3.63) is 71.7 Å². The lowest BCUT2D eigenvalue weighted by Gasteiger charge is -2.17. The zero-order valence-corrected chi connectivity index (χ0v) is 15.3. The van der Waals surface area contributed by atoms with Crippen LogP contribution < -0.4 is 14.8 Å². The van der Waals surface area contributed by atoms with Crippen molar-refractivity contribution in [3.8, 4) is 22.8 Å². The van der Waals surface area contributed by atoms with E-state index >= 15 is 0 Å². The Morgan fingerprint density at radius 1 is 1.07 bits per heavy atom. The van der Waals surface area contributed by atoms with Crippen LogP contribution in [0.5, 0.6) is 11.5 Å². The van der Waals surface area contributed by atoms with Crippen LogP contribution in [0, 0.1) is 5.82 Å². The minimum absolute atomic E-state index is 0.0990. The van der Waals surface area contributed by atoms with E-state index in [-0.39, 0.29) is 11.8 Å². The molecule has 1 heterocycles. The monoisotopic (exact) mass is 369 g/mol. The number of hydrogen-bond donors (Lipinski definition) is 1. The van der Waals surface area contributed by atoms with Crippen LogP contribution in [0.15, 0.2) is 59.0 Å². The van der Waals surface area contributed by atoms with E-state index in [1.54, 1.807) is 56.7 Å². The van der Waals surface area contributed by atoms with Crippen molar-refractivity contribution in [3.63, 3.8) is 0 Å². The van der Waals surface area contributed by atoms with Gasteiger partial charge in [-0.2, -0.15) is 0 Å². The van der Waals surface area contributed by atoms with E-state index in [1.165, 1.54) is 12.1 Å². The van der Waals surface area contributed by atoms with Gasteiger partial charge < -0.3 is 19.2 Å². The molecule has 0 aliphatic rings. The van der Waals surface area contributed by atoms with Crippen LogP contribution in [0.1, 0.15) is 29.1 Å². The summed E-state index contributed by atoms with van der Waals surface area (Å²) in [7, 11) is 3.13. The molecule has 0 fully saturated rings. The molecule has 0 unspecified atom stereocenters. The summed E-state index contributed by atoms with van der Waals surface area (Å²) in [5.74, 6) is 0.872. The summed E-state index contributed by atoms with van der Waals surface area (Å²) in [4.78, 5) is 12.5. The number of furan rings is 1. The molecule has 6 heteroatoms. The van der Waals surface area contributed by atoms with Crippen LogP contribution in [0.2, 0.25) is 0 Å². The van der Waals surface area contributed by atoms with Crippen molar-refractivity contribution in [2.45, 2.75) is 13.0 Å². The molecule has 5 nitrogen and oxygen atoms in total. The summed E-state index contributed by atoms with van der Waals surface area (Å²) in [5.41, 5.74) is 1.07. The van der Waals surface area contributed by atoms with Gasteiger partial charge in [0.2, 0.25) is 0 Å². The van der Waals surface area contributed by atoms with Crippen LogP contribution in [0.3, 0.4) is 0 Å². The van der Waals surface area contributed by atoms with E-state index in [1.807, 2.05) is 6.92 Å². The van der Waals surface area contributed by atoms with E-state index in [0.717, 1.165) is 5.56 Å². The Morgan fingerprint density at radius 2 is 1.85 bits per heavy atom. The van der Waals surface area contributed by atoms with Gasteiger partial charge in [0.05, 0.1) is 25.8 Å². The minimum Gasteiger partial charge on any atom is -0.497 e. The fourth-order valence-corrected chi connectivity index (χ4v) is 2.79. The van der Waals surface area contributed by atoms with E-state index in [9.17, 15) is 9.18 Å². The molecule has 0 saturated heterocycles. The lowest BCUT2D eigenvalue weighted by molar-refractivity contribution is 0.0912. The highest BCUT2D eigenvalue weighted by Gasteiger charge is 2.19. The van der Waals surface area contributed by atoms with Gasteiger partial charge >= 0.3 is 0 Å². The zero-order valence-electron chi connectivity index (χ0n) is 15.3. The highest BCUT2D eigenvalue weighted by Crippen LogP contribution is 2.30. The Kier molecular flexibility index (Phi) is 5.45. The maximum Gasteiger partial charge on any atom is 0.287 e. The Hall–Kier alpha value is -3.28. The first-order valence-corrected chi connectivity index (χ1v) is 8.41. The van der Waals surface area contributed by atoms with Crippen molar-refractivity contribution in [1.29, 1.82) is 0 Å². The number of hydrogen-bond acceptors (Lipinski definition) is 4. The molecule has 0 radical (unpaired) electrons. The fraction of sp³-hybridized carbons (Fsp3) is 0.190. The lowest BCUT2D eigenvalue weighted by atomic mass is 10.1. The molecular formula is C21H20FNO4. The Labute approximate surface area is 156 Å². The number of nitrogens with one attached hydrogen (secondary N) is 1. The molecule has 27 heavy (non-hydrogen) atoms. The SMILES string of the molecule is COc1ccc(OC)c([C@@H](C)NC(=O)c2ccc(-c3ccccc3F)o2)c1. The van der Waals surface area contributed by atoms with Gasteiger partial charge in [-0.3, -0.25) is 4.79 Å². The number of benzene rings is 2. The number of rotatable bonds is 6. The van der Waals surface area contributed by atoms with Crippen molar-refractivity contribution < 1.29 is 23.1 Å². The molecule has 1 amide bonds. The van der Waals surface area contributed by atoms with Crippen molar-refractivity contribution in [2.75, 3.05) is 14.2 Å². The second-order valence-electron chi connectivity index (χ2n) is 5.95. The Bertz CT molecular complexity index is 951. The number of ether oxygens (including phenoxy) is 2. The van der Waals surface area contributed by atoms with Gasteiger partial charge in [-0.1, -0.05) is 12.1 Å². The third-order valence-corrected chi connectivity index (χ3v) is 4.22. The Balaban J connectivity index is 1.79. The molecule has 140 valence electrons. The largest absolute Gasteiger partial charge is 0.497 e. The van der Waals surface area contributed by atoms with E-state index in [2.05, 4.69) is 5.32 Å². The van der Waals surface area contributed by atoms with Gasteiger partial charge in [0.1, 0.15) is 23.1 Å². The number of methoxy groups -OCH3 is 2. The number of carbonyl (C=O) groups excluding carboxylic acids is 1. The molecule has 2 aromatic carbocycles. The molecule has 3 aromatic rings. The van der Waals surface area contributed by atoms with Crippen LogP contribution >= 0.6 is 0 Å². The fourth-order valence-electron chi connectivity index (χ4n) is 2.79. The smallest absolute Gasteiger partial charge is 0.287 e. The lowest BCUT2D eigenvalue weighted by Crippen LogP contribution is -2.26. The number of amides is 1. The summed E-state index contributed by atoms with van der Waals surface area (Å²) in [6.45, 7) is 1.83. The van der Waals surface area contributed by atoms with E-state index in [4.69, 9.17) is 13.9 Å². The molecule has 1 N–H and O–H groups in total. The van der Waals surface area contributed by atoms with Gasteiger partial charge in [0.25, 0.3) is 5.91 Å². The molecule has 0 aliphatic heterocycles. The quantitative estimate of drug-likeness (QED) is 0.690. The summed E-state index contributed by atoms with van der Waals surface area (Å²) in [6.07, 6.45) is 0. The summed E-state index contributed by atoms with van der Waals surface area (Å²) in [5, 5.41) is 2.86. The van der Waals surface area contributed by atoms with Crippen molar-refractivity contribution >= 4 is 5.91 Å². The predicted octanol–water partition coefficient (Wildman–Crippen LogP) is 4.59. The second kappa shape index (κ2) is 7.95. The molecule has 0 saturated carbocycles. The van der Waals surface area contributed by atoms with Crippen LogP contribution in [-0.2, 0) is 0 Å². The van der Waals surface area contributed by atoms with Crippen LogP contribution in [0.25, 0.3) is 11.3 Å². The highest BCUT2D eigenvalue weighted by molar-refractivity contribution is 5.92. The molecule has 0 spiro atoms. The first-order chi connectivity index (χ1) is 13.0. The van der Waals surface area contributed by atoms with Crippen molar-refractivity contribution in [1.82, 2.24) is 5.32 Å². The zero-order chi connectivity index (χ0) is 19.4. The third kappa shape index (κ3) is 3.95. The normalized spacial score (nSPS) is 11.7. The summed E-state index contributed by atoms with van der Waals surface area (Å²) >= 11 is 0. The summed E-state index contributed by atoms with van der Waals surface area (Å²) in [6, 6.07) is 14.3. The third-order valence-electron chi connectivity index (χ3n) is 4.22. The molecule has 0 bridgehead atoms. The molecule has 1 aromatic heterocycles. The van der Waals surface area contributed by atoms with Crippen molar-refractivity contribution in [2.24, 2.45) is 0 Å². The molecule has 0 aliphatic carbocycles. The van der Waals surface area contributed by atoms with Gasteiger partial charge in [0.15, 0.2) is 5.76 Å². The average molecular weight is 369 g/mol. The number of halogens is 1. The minimum atomic E-state index is -0.409. The highest BCUT2D eigenvalue weighted by atomic mass is 19.1. The topological polar surface area (TPSA) is 60.7 Å². The van der Waals surface area contributed by atoms with Gasteiger partial charge in [0, 0.05) is 5.56 Å². The maximum atomic E-state index is 13.9. The van der Waals surface area contributed by atoms with Gasteiger partial charge in [-0.25, -0.2) is 4.39 Å².